The van der Waals surface area contributed by atoms with Gasteiger partial charge in [0.2, 0.25) is 6.79 Å². The number of fused-ring (bicyclic) bond motifs is 1. The van der Waals surface area contributed by atoms with Crippen molar-refractivity contribution in [3.8, 4) is 11.5 Å². The molecule has 1 aromatic rings. The summed E-state index contributed by atoms with van der Waals surface area (Å²) < 4.78 is 11.6. The number of unbranched alkanes of at least 4 members (excludes halogenated alkanes) is 1. The zero-order valence-corrected chi connectivity index (χ0v) is 12.4. The van der Waals surface area contributed by atoms with Gasteiger partial charge in [0.1, 0.15) is 0 Å². The van der Waals surface area contributed by atoms with E-state index >= 15 is 0 Å². The van der Waals surface area contributed by atoms with Gasteiger partial charge in [0, 0.05) is 10.5 Å². The van der Waals surface area contributed by atoms with Crippen molar-refractivity contribution in [2.24, 2.45) is 11.5 Å². The summed E-state index contributed by atoms with van der Waals surface area (Å²) in [5.74, 6) is 1.55. The van der Waals surface area contributed by atoms with Gasteiger partial charge in [-0.3, -0.25) is 0 Å². The Morgan fingerprint density at radius 2 is 1.89 bits per heavy atom. The van der Waals surface area contributed by atoms with Crippen molar-refractivity contribution in [3.63, 3.8) is 0 Å². The summed E-state index contributed by atoms with van der Waals surface area (Å²) in [6.45, 7) is 1.00. The highest BCUT2D eigenvalue weighted by atomic mass is 79.9. The third-order valence-corrected chi connectivity index (χ3v) is 3.55. The molecule has 6 heteroatoms. The Morgan fingerprint density at radius 3 is 2.56 bits per heavy atom. The lowest BCUT2D eigenvalue weighted by atomic mass is 10.0. The molecule has 0 amide bonds. The van der Waals surface area contributed by atoms with Crippen LogP contribution in [0.5, 0.6) is 11.5 Å². The van der Waals surface area contributed by atoms with Crippen LogP contribution in [0.2, 0.25) is 0 Å². The van der Waals surface area contributed by atoms with Crippen molar-refractivity contribution >= 4 is 28.3 Å². The van der Waals surface area contributed by atoms with E-state index in [0.717, 1.165) is 47.3 Å². The summed E-state index contributed by atoms with van der Waals surface area (Å²) in [5, 5.41) is 0. The number of rotatable bonds is 5. The fourth-order valence-corrected chi connectivity index (χ4v) is 2.50. The van der Waals surface area contributed by atoms with Crippen LogP contribution in [-0.4, -0.2) is 13.3 Å². The van der Waals surface area contributed by atoms with Gasteiger partial charge in [-0.2, -0.15) is 0 Å². The van der Waals surface area contributed by atoms with E-state index in [2.05, 4.69) is 15.9 Å². The first-order valence-electron chi connectivity index (χ1n) is 5.77. The van der Waals surface area contributed by atoms with Crippen molar-refractivity contribution in [1.29, 1.82) is 0 Å². The third-order valence-electron chi connectivity index (χ3n) is 2.86. The van der Waals surface area contributed by atoms with E-state index in [1.165, 1.54) is 0 Å². The van der Waals surface area contributed by atoms with E-state index in [1.54, 1.807) is 0 Å². The van der Waals surface area contributed by atoms with Gasteiger partial charge in [0.15, 0.2) is 11.5 Å². The average molecular weight is 338 g/mol. The summed E-state index contributed by atoms with van der Waals surface area (Å²) in [6, 6.07) is 3.88. The Hall–Kier alpha value is -0.490. The predicted molar refractivity (Wildman–Crippen MR) is 77.3 cm³/mol. The van der Waals surface area contributed by atoms with Gasteiger partial charge in [-0.25, -0.2) is 0 Å². The minimum absolute atomic E-state index is 0. The summed E-state index contributed by atoms with van der Waals surface area (Å²) in [7, 11) is 0. The van der Waals surface area contributed by atoms with E-state index in [-0.39, 0.29) is 25.2 Å². The molecular weight excluding hydrogens is 320 g/mol. The van der Waals surface area contributed by atoms with Crippen LogP contribution in [0, 0.1) is 0 Å². The molecule has 0 fully saturated rings. The van der Waals surface area contributed by atoms with Crippen LogP contribution < -0.4 is 20.9 Å². The van der Waals surface area contributed by atoms with Gasteiger partial charge in [-0.1, -0.05) is 22.4 Å². The number of halogens is 2. The molecule has 0 spiro atoms. The van der Waals surface area contributed by atoms with Gasteiger partial charge in [-0.05, 0) is 37.1 Å². The Kier molecular flexibility index (Phi) is 6.21. The number of benzene rings is 1. The number of nitrogens with two attached hydrogens (primary N) is 2. The van der Waals surface area contributed by atoms with Crippen LogP contribution in [0.15, 0.2) is 16.6 Å². The SMILES string of the molecule is Cl.NCCCC[C@H](N)c1cc2c(cc1Br)OCO2. The standard InChI is InChI=1S/C12H17BrN2O2.ClH/c13-9-6-12-11(16-7-17-12)5-8(9)10(15)3-1-2-4-14;/h5-6,10H,1-4,7,14-15H2;1H/t10-;/m0./s1. The van der Waals surface area contributed by atoms with E-state index in [1.807, 2.05) is 12.1 Å². The van der Waals surface area contributed by atoms with E-state index in [9.17, 15) is 0 Å². The largest absolute Gasteiger partial charge is 0.454 e. The molecule has 0 unspecified atom stereocenters. The van der Waals surface area contributed by atoms with E-state index < -0.39 is 0 Å². The molecule has 0 aromatic heterocycles. The Morgan fingerprint density at radius 1 is 1.22 bits per heavy atom. The molecule has 0 bridgehead atoms. The summed E-state index contributed by atoms with van der Waals surface area (Å²) in [6.07, 6.45) is 2.98. The second kappa shape index (κ2) is 7.19. The van der Waals surface area contributed by atoms with Gasteiger partial charge in [-0.15, -0.1) is 12.4 Å². The van der Waals surface area contributed by atoms with Crippen molar-refractivity contribution < 1.29 is 9.47 Å². The second-order valence-corrected chi connectivity index (χ2v) is 4.97. The molecule has 0 aliphatic carbocycles. The van der Waals surface area contributed by atoms with Crippen LogP contribution in [0.4, 0.5) is 0 Å². The minimum Gasteiger partial charge on any atom is -0.454 e. The van der Waals surface area contributed by atoms with Crippen molar-refractivity contribution in [3.05, 3.63) is 22.2 Å². The predicted octanol–water partition coefficient (Wildman–Crippen LogP) is 2.73. The van der Waals surface area contributed by atoms with Gasteiger partial charge in [0.25, 0.3) is 0 Å². The molecule has 1 aliphatic rings. The maximum absolute atomic E-state index is 6.16. The van der Waals surface area contributed by atoms with Gasteiger partial charge >= 0.3 is 0 Å². The molecule has 1 aromatic carbocycles. The fraction of sp³-hybridized carbons (Fsp3) is 0.500. The highest BCUT2D eigenvalue weighted by Gasteiger charge is 2.19. The van der Waals surface area contributed by atoms with Gasteiger partial charge in [0.05, 0.1) is 0 Å². The molecule has 1 aliphatic heterocycles. The highest BCUT2D eigenvalue weighted by molar-refractivity contribution is 9.10. The Bertz CT molecular complexity index is 404. The fourth-order valence-electron chi connectivity index (χ4n) is 1.88. The smallest absolute Gasteiger partial charge is 0.231 e. The quantitative estimate of drug-likeness (QED) is 0.811. The lowest BCUT2D eigenvalue weighted by molar-refractivity contribution is 0.174. The highest BCUT2D eigenvalue weighted by Crippen LogP contribution is 2.39. The number of ether oxygens (including phenoxy) is 2. The van der Waals surface area contributed by atoms with Crippen LogP contribution in [0.3, 0.4) is 0 Å². The lowest BCUT2D eigenvalue weighted by Crippen LogP contribution is -2.11. The first-order valence-corrected chi connectivity index (χ1v) is 6.56. The first kappa shape index (κ1) is 15.6. The number of hydrogen-bond acceptors (Lipinski definition) is 4. The molecule has 4 N–H and O–H groups in total. The molecule has 102 valence electrons. The monoisotopic (exact) mass is 336 g/mol. The molecule has 1 heterocycles. The second-order valence-electron chi connectivity index (χ2n) is 4.12. The maximum atomic E-state index is 6.16. The molecular formula is C12H18BrClN2O2. The summed E-state index contributed by atoms with van der Waals surface area (Å²) in [4.78, 5) is 0. The molecule has 0 saturated carbocycles. The maximum Gasteiger partial charge on any atom is 0.231 e. The zero-order chi connectivity index (χ0) is 12.3. The Balaban J connectivity index is 0.00000162. The average Bonchev–Trinajstić information content (AvgIpc) is 2.75. The molecule has 1 atom stereocenters. The third kappa shape index (κ3) is 3.51. The Labute approximate surface area is 122 Å². The first-order chi connectivity index (χ1) is 8.22. The topological polar surface area (TPSA) is 70.5 Å². The van der Waals surface area contributed by atoms with Crippen molar-refractivity contribution in [2.75, 3.05) is 13.3 Å². The van der Waals surface area contributed by atoms with Crippen molar-refractivity contribution in [2.45, 2.75) is 25.3 Å². The summed E-state index contributed by atoms with van der Waals surface area (Å²) >= 11 is 3.52. The molecule has 18 heavy (non-hydrogen) atoms. The molecule has 0 saturated heterocycles. The number of hydrogen-bond donors (Lipinski definition) is 2. The van der Waals surface area contributed by atoms with Crippen LogP contribution in [0.1, 0.15) is 30.9 Å². The molecule has 0 radical (unpaired) electrons. The molecule has 2 rings (SSSR count). The van der Waals surface area contributed by atoms with E-state index in [4.69, 9.17) is 20.9 Å². The lowest BCUT2D eigenvalue weighted by Gasteiger charge is -2.14. The summed E-state index contributed by atoms with van der Waals surface area (Å²) in [5.41, 5.74) is 12.7. The van der Waals surface area contributed by atoms with Crippen LogP contribution in [-0.2, 0) is 0 Å². The van der Waals surface area contributed by atoms with Crippen LogP contribution >= 0.6 is 28.3 Å². The minimum atomic E-state index is 0. The van der Waals surface area contributed by atoms with Crippen LogP contribution in [0.25, 0.3) is 0 Å². The van der Waals surface area contributed by atoms with E-state index in [0.29, 0.717) is 0 Å². The molecule has 4 nitrogen and oxygen atoms in total. The van der Waals surface area contributed by atoms with Gasteiger partial charge < -0.3 is 20.9 Å². The zero-order valence-electron chi connectivity index (χ0n) is 10.0. The normalized spacial score (nSPS) is 14.2. The van der Waals surface area contributed by atoms with Crippen molar-refractivity contribution in [1.82, 2.24) is 0 Å².